The van der Waals surface area contributed by atoms with Gasteiger partial charge in [-0.2, -0.15) is 5.10 Å². The normalized spacial score (nSPS) is 18.7. The van der Waals surface area contributed by atoms with Gasteiger partial charge in [-0.15, -0.1) is 0 Å². The lowest BCUT2D eigenvalue weighted by Crippen LogP contribution is -2.36. The fourth-order valence-corrected chi connectivity index (χ4v) is 4.01. The molecule has 1 aliphatic heterocycles. The number of nitrogens with zero attached hydrogens (tertiary/aromatic N) is 3. The van der Waals surface area contributed by atoms with E-state index in [1.807, 2.05) is 16.8 Å². The molecule has 0 unspecified atom stereocenters. The standard InChI is InChI=1S/C21H26N4O/c26-21(23-20-10-13-22-25(20)19-8-4-5-9-19)16-24-14-11-18(12-15-24)17-6-2-1-3-7-17/h1-3,6-7,10-11,13,19H,4-5,8-9,12,14-16H2,(H,23,26). The number of carbonyl (C=O) groups is 1. The fraction of sp³-hybridized carbons (Fsp3) is 0.429. The van der Waals surface area contributed by atoms with Crippen LogP contribution in [0.3, 0.4) is 0 Å². The van der Waals surface area contributed by atoms with Crippen molar-refractivity contribution in [3.05, 3.63) is 54.2 Å². The summed E-state index contributed by atoms with van der Waals surface area (Å²) in [4.78, 5) is 14.7. The molecule has 2 heterocycles. The Kier molecular flexibility index (Phi) is 5.16. The van der Waals surface area contributed by atoms with E-state index in [9.17, 15) is 4.79 Å². The highest BCUT2D eigenvalue weighted by Crippen LogP contribution is 2.31. The minimum absolute atomic E-state index is 0.0429. The van der Waals surface area contributed by atoms with E-state index in [2.05, 4.69) is 45.7 Å². The second-order valence-corrected chi connectivity index (χ2v) is 7.23. The second-order valence-electron chi connectivity index (χ2n) is 7.23. The SMILES string of the molecule is O=C(CN1CC=C(c2ccccc2)CC1)Nc1ccnn1C1CCCC1. The molecule has 26 heavy (non-hydrogen) atoms. The summed E-state index contributed by atoms with van der Waals surface area (Å²) < 4.78 is 1.99. The van der Waals surface area contributed by atoms with Gasteiger partial charge in [0.15, 0.2) is 0 Å². The summed E-state index contributed by atoms with van der Waals surface area (Å²) >= 11 is 0. The molecule has 1 N–H and O–H groups in total. The van der Waals surface area contributed by atoms with E-state index in [1.165, 1.54) is 24.0 Å². The largest absolute Gasteiger partial charge is 0.310 e. The zero-order chi connectivity index (χ0) is 17.8. The van der Waals surface area contributed by atoms with E-state index < -0.39 is 0 Å². The Balaban J connectivity index is 1.32. The molecule has 1 fully saturated rings. The van der Waals surface area contributed by atoms with Crippen LogP contribution in [-0.2, 0) is 4.79 Å². The van der Waals surface area contributed by atoms with Gasteiger partial charge in [-0.3, -0.25) is 9.69 Å². The van der Waals surface area contributed by atoms with E-state index >= 15 is 0 Å². The molecule has 0 saturated heterocycles. The lowest BCUT2D eigenvalue weighted by atomic mass is 10.00. The Morgan fingerprint density at radius 1 is 1.15 bits per heavy atom. The van der Waals surface area contributed by atoms with Crippen LogP contribution in [0, 0.1) is 0 Å². The van der Waals surface area contributed by atoms with Crippen LogP contribution in [-0.4, -0.2) is 40.2 Å². The number of carbonyl (C=O) groups excluding carboxylic acids is 1. The van der Waals surface area contributed by atoms with Crippen LogP contribution in [0.25, 0.3) is 5.57 Å². The van der Waals surface area contributed by atoms with Crippen molar-refractivity contribution in [2.45, 2.75) is 38.1 Å². The van der Waals surface area contributed by atoms with Crippen molar-refractivity contribution in [2.75, 3.05) is 25.0 Å². The van der Waals surface area contributed by atoms with Crippen LogP contribution in [0.1, 0.15) is 43.7 Å². The lowest BCUT2D eigenvalue weighted by molar-refractivity contribution is -0.117. The third-order valence-electron chi connectivity index (χ3n) is 5.41. The van der Waals surface area contributed by atoms with Crippen molar-refractivity contribution in [3.8, 4) is 0 Å². The molecule has 1 aliphatic carbocycles. The molecular formula is C21H26N4O. The molecule has 4 rings (SSSR count). The highest BCUT2D eigenvalue weighted by molar-refractivity contribution is 5.91. The van der Waals surface area contributed by atoms with Crippen LogP contribution >= 0.6 is 0 Å². The smallest absolute Gasteiger partial charge is 0.239 e. The van der Waals surface area contributed by atoms with Gasteiger partial charge < -0.3 is 5.32 Å². The van der Waals surface area contributed by atoms with Crippen molar-refractivity contribution in [2.24, 2.45) is 0 Å². The summed E-state index contributed by atoms with van der Waals surface area (Å²) in [5.41, 5.74) is 2.67. The topological polar surface area (TPSA) is 50.2 Å². The average molecular weight is 350 g/mol. The quantitative estimate of drug-likeness (QED) is 0.894. The maximum absolute atomic E-state index is 12.5. The Morgan fingerprint density at radius 2 is 1.96 bits per heavy atom. The maximum atomic E-state index is 12.5. The van der Waals surface area contributed by atoms with Crippen molar-refractivity contribution < 1.29 is 4.79 Å². The molecule has 0 spiro atoms. The molecule has 2 aromatic rings. The van der Waals surface area contributed by atoms with Gasteiger partial charge in [-0.05, 0) is 30.4 Å². The third-order valence-corrected chi connectivity index (χ3v) is 5.41. The molecule has 1 amide bonds. The second kappa shape index (κ2) is 7.87. The molecule has 136 valence electrons. The third kappa shape index (κ3) is 3.88. The van der Waals surface area contributed by atoms with Gasteiger partial charge in [0.2, 0.25) is 5.91 Å². The predicted molar refractivity (Wildman–Crippen MR) is 104 cm³/mol. The highest BCUT2D eigenvalue weighted by atomic mass is 16.2. The molecule has 0 atom stereocenters. The van der Waals surface area contributed by atoms with Crippen molar-refractivity contribution in [1.82, 2.24) is 14.7 Å². The number of hydrogen-bond donors (Lipinski definition) is 1. The van der Waals surface area contributed by atoms with Crippen LogP contribution in [0.5, 0.6) is 0 Å². The summed E-state index contributed by atoms with van der Waals surface area (Å²) in [6, 6.07) is 12.8. The molecule has 1 aromatic carbocycles. The van der Waals surface area contributed by atoms with E-state index in [4.69, 9.17) is 0 Å². The molecular weight excluding hydrogens is 324 g/mol. The van der Waals surface area contributed by atoms with Crippen LogP contribution in [0.2, 0.25) is 0 Å². The zero-order valence-electron chi connectivity index (χ0n) is 15.1. The number of benzene rings is 1. The predicted octanol–water partition coefficient (Wildman–Crippen LogP) is 3.73. The van der Waals surface area contributed by atoms with Gasteiger partial charge >= 0.3 is 0 Å². The lowest BCUT2D eigenvalue weighted by Gasteiger charge is -2.26. The van der Waals surface area contributed by atoms with Gasteiger partial charge in [0, 0.05) is 19.2 Å². The molecule has 5 nitrogen and oxygen atoms in total. The summed E-state index contributed by atoms with van der Waals surface area (Å²) in [6.07, 6.45) is 9.83. The molecule has 2 aliphatic rings. The van der Waals surface area contributed by atoms with Crippen LogP contribution in [0.4, 0.5) is 5.82 Å². The van der Waals surface area contributed by atoms with E-state index in [-0.39, 0.29) is 5.91 Å². The van der Waals surface area contributed by atoms with Crippen LogP contribution < -0.4 is 5.32 Å². The maximum Gasteiger partial charge on any atom is 0.239 e. The van der Waals surface area contributed by atoms with Gasteiger partial charge in [0.05, 0.1) is 18.8 Å². The minimum atomic E-state index is 0.0429. The first-order chi connectivity index (χ1) is 12.8. The average Bonchev–Trinajstić information content (AvgIpc) is 3.34. The number of rotatable bonds is 5. The minimum Gasteiger partial charge on any atom is -0.310 e. The van der Waals surface area contributed by atoms with E-state index in [0.29, 0.717) is 12.6 Å². The Hall–Kier alpha value is -2.40. The monoisotopic (exact) mass is 350 g/mol. The Labute approximate surface area is 154 Å². The van der Waals surface area contributed by atoms with Gasteiger partial charge in [0.1, 0.15) is 5.82 Å². The van der Waals surface area contributed by atoms with Crippen molar-refractivity contribution in [1.29, 1.82) is 0 Å². The van der Waals surface area contributed by atoms with E-state index in [0.717, 1.165) is 38.2 Å². The Morgan fingerprint density at radius 3 is 2.69 bits per heavy atom. The number of aromatic nitrogens is 2. The fourth-order valence-electron chi connectivity index (χ4n) is 4.01. The number of anilines is 1. The first-order valence-corrected chi connectivity index (χ1v) is 9.60. The Bertz CT molecular complexity index is 774. The zero-order valence-corrected chi connectivity index (χ0v) is 15.1. The first kappa shape index (κ1) is 17.0. The summed E-state index contributed by atoms with van der Waals surface area (Å²) in [5.74, 6) is 0.876. The summed E-state index contributed by atoms with van der Waals surface area (Å²) in [5, 5.41) is 7.48. The molecule has 1 saturated carbocycles. The van der Waals surface area contributed by atoms with Gasteiger partial charge in [0.25, 0.3) is 0 Å². The first-order valence-electron chi connectivity index (χ1n) is 9.60. The van der Waals surface area contributed by atoms with Crippen molar-refractivity contribution >= 4 is 17.3 Å². The summed E-state index contributed by atoms with van der Waals surface area (Å²) in [6.45, 7) is 2.16. The molecule has 5 heteroatoms. The van der Waals surface area contributed by atoms with Gasteiger partial charge in [-0.1, -0.05) is 49.2 Å². The van der Waals surface area contributed by atoms with E-state index in [1.54, 1.807) is 6.20 Å². The molecule has 0 radical (unpaired) electrons. The van der Waals surface area contributed by atoms with Gasteiger partial charge in [-0.25, -0.2) is 4.68 Å². The molecule has 0 bridgehead atoms. The van der Waals surface area contributed by atoms with Crippen LogP contribution in [0.15, 0.2) is 48.7 Å². The van der Waals surface area contributed by atoms with Crippen molar-refractivity contribution in [3.63, 3.8) is 0 Å². The molecule has 1 aromatic heterocycles. The summed E-state index contributed by atoms with van der Waals surface area (Å²) in [7, 11) is 0. The highest BCUT2D eigenvalue weighted by Gasteiger charge is 2.21. The number of hydrogen-bond acceptors (Lipinski definition) is 3. The number of amides is 1. The number of nitrogens with one attached hydrogen (secondary N) is 1.